The third-order valence-corrected chi connectivity index (χ3v) is 4.08. The molecule has 3 nitrogen and oxygen atoms in total. The van der Waals surface area contributed by atoms with Crippen molar-refractivity contribution in [3.05, 3.63) is 23.5 Å². The minimum atomic E-state index is 0.548. The van der Waals surface area contributed by atoms with E-state index >= 15 is 0 Å². The molecule has 2 heterocycles. The predicted octanol–water partition coefficient (Wildman–Crippen LogP) is 3.80. The van der Waals surface area contributed by atoms with E-state index in [1.807, 2.05) is 12.1 Å². The predicted molar refractivity (Wildman–Crippen MR) is 81.9 cm³/mol. The Hall–Kier alpha value is -0.800. The molecule has 1 aliphatic rings. The van der Waals surface area contributed by atoms with Crippen LogP contribution in [0.2, 0.25) is 5.15 Å². The molecule has 1 fully saturated rings. The zero-order chi connectivity index (χ0) is 13.5. The van der Waals surface area contributed by atoms with E-state index in [0.717, 1.165) is 18.3 Å². The first-order valence-electron chi connectivity index (χ1n) is 7.35. The largest absolute Gasteiger partial charge is 0.385 e. The minimum absolute atomic E-state index is 0.548. The van der Waals surface area contributed by atoms with Crippen molar-refractivity contribution in [2.24, 2.45) is 0 Å². The minimum Gasteiger partial charge on any atom is -0.385 e. The number of anilines is 1. The molecule has 0 aliphatic carbocycles. The molecule has 0 radical (unpaired) electrons. The summed E-state index contributed by atoms with van der Waals surface area (Å²) in [4.78, 5) is 6.60. The van der Waals surface area contributed by atoms with Crippen molar-refractivity contribution in [1.29, 1.82) is 0 Å². The number of likely N-dealkylation sites (tertiary alicyclic amines) is 1. The fraction of sp³-hybridized carbons (Fsp3) is 0.667. The van der Waals surface area contributed by atoms with Gasteiger partial charge in [0.25, 0.3) is 0 Å². The van der Waals surface area contributed by atoms with E-state index in [4.69, 9.17) is 11.6 Å². The van der Waals surface area contributed by atoms with E-state index < -0.39 is 0 Å². The van der Waals surface area contributed by atoms with E-state index in [1.165, 1.54) is 45.2 Å². The second kappa shape index (κ2) is 7.71. The summed E-state index contributed by atoms with van der Waals surface area (Å²) < 4.78 is 0. The molecule has 1 atom stereocenters. The van der Waals surface area contributed by atoms with Gasteiger partial charge in [-0.3, -0.25) is 0 Å². The molecule has 1 saturated heterocycles. The molecule has 4 heteroatoms. The van der Waals surface area contributed by atoms with Gasteiger partial charge in [0.05, 0.1) is 0 Å². The molecule has 1 aromatic heterocycles. The molecule has 0 aromatic carbocycles. The highest BCUT2D eigenvalue weighted by atomic mass is 35.5. The molecule has 1 N–H and O–H groups in total. The van der Waals surface area contributed by atoms with Crippen LogP contribution in [0.5, 0.6) is 0 Å². The number of pyridine rings is 1. The number of unbranched alkanes of at least 4 members (excludes halogenated alkanes) is 1. The first-order chi connectivity index (χ1) is 9.25. The van der Waals surface area contributed by atoms with Crippen LogP contribution < -0.4 is 5.32 Å². The molecular formula is C15H24ClN3. The van der Waals surface area contributed by atoms with Crippen LogP contribution in [-0.2, 0) is 0 Å². The van der Waals surface area contributed by atoms with Gasteiger partial charge in [0.2, 0.25) is 0 Å². The van der Waals surface area contributed by atoms with Crippen molar-refractivity contribution in [3.8, 4) is 0 Å². The Morgan fingerprint density at radius 1 is 1.42 bits per heavy atom. The van der Waals surface area contributed by atoms with Gasteiger partial charge >= 0.3 is 0 Å². The van der Waals surface area contributed by atoms with Gasteiger partial charge in [0.15, 0.2) is 0 Å². The molecule has 1 unspecified atom stereocenters. The number of hydrogen-bond acceptors (Lipinski definition) is 3. The number of piperidine rings is 1. The quantitative estimate of drug-likeness (QED) is 0.635. The van der Waals surface area contributed by atoms with E-state index in [-0.39, 0.29) is 0 Å². The molecule has 0 spiro atoms. The highest BCUT2D eigenvalue weighted by Crippen LogP contribution is 2.17. The lowest BCUT2D eigenvalue weighted by molar-refractivity contribution is 0.158. The SMILES string of the molecule is CC1CCCCN1CCCCNc1ccnc(Cl)c1. The van der Waals surface area contributed by atoms with Crippen LogP contribution in [0.15, 0.2) is 18.3 Å². The molecule has 19 heavy (non-hydrogen) atoms. The smallest absolute Gasteiger partial charge is 0.131 e. The standard InChI is InChI=1S/C15H24ClN3/c1-13-6-2-4-10-19(13)11-5-3-8-17-14-7-9-18-15(16)12-14/h7,9,12-13H,2-6,8,10-11H2,1H3,(H,17,18). The topological polar surface area (TPSA) is 28.2 Å². The summed E-state index contributed by atoms with van der Waals surface area (Å²) in [6, 6.07) is 4.60. The highest BCUT2D eigenvalue weighted by Gasteiger charge is 2.16. The van der Waals surface area contributed by atoms with Gasteiger partial charge in [-0.1, -0.05) is 18.0 Å². The first-order valence-corrected chi connectivity index (χ1v) is 7.73. The van der Waals surface area contributed by atoms with Crippen molar-refractivity contribution in [2.75, 3.05) is 25.0 Å². The molecule has 0 bridgehead atoms. The van der Waals surface area contributed by atoms with Crippen LogP contribution in [0.4, 0.5) is 5.69 Å². The second-order valence-electron chi connectivity index (χ2n) is 5.38. The highest BCUT2D eigenvalue weighted by molar-refractivity contribution is 6.29. The van der Waals surface area contributed by atoms with Gasteiger partial charge in [-0.15, -0.1) is 0 Å². The number of hydrogen-bond donors (Lipinski definition) is 1. The molecule has 0 saturated carbocycles. The maximum absolute atomic E-state index is 5.84. The van der Waals surface area contributed by atoms with E-state index in [1.54, 1.807) is 6.20 Å². The molecule has 0 amide bonds. The summed E-state index contributed by atoms with van der Waals surface area (Å²) >= 11 is 5.84. The Morgan fingerprint density at radius 2 is 2.32 bits per heavy atom. The molecule has 2 rings (SSSR count). The van der Waals surface area contributed by atoms with Crippen LogP contribution in [0.3, 0.4) is 0 Å². The molecule has 106 valence electrons. The Bertz CT molecular complexity index is 383. The maximum atomic E-state index is 5.84. The van der Waals surface area contributed by atoms with Gasteiger partial charge in [-0.2, -0.15) is 0 Å². The number of rotatable bonds is 6. The van der Waals surface area contributed by atoms with Gasteiger partial charge in [0.1, 0.15) is 5.15 Å². The van der Waals surface area contributed by atoms with Gasteiger partial charge in [-0.25, -0.2) is 4.98 Å². The molecule has 1 aliphatic heterocycles. The lowest BCUT2D eigenvalue weighted by atomic mass is 10.0. The summed E-state index contributed by atoms with van der Waals surface area (Å²) in [6.45, 7) is 5.88. The number of halogens is 1. The van der Waals surface area contributed by atoms with Crippen molar-refractivity contribution in [1.82, 2.24) is 9.88 Å². The third kappa shape index (κ3) is 5.00. The Labute approximate surface area is 121 Å². The van der Waals surface area contributed by atoms with Crippen molar-refractivity contribution < 1.29 is 0 Å². The summed E-state index contributed by atoms with van der Waals surface area (Å²) in [7, 11) is 0. The molecular weight excluding hydrogens is 258 g/mol. The molecule has 1 aromatic rings. The summed E-state index contributed by atoms with van der Waals surface area (Å²) in [5.41, 5.74) is 1.06. The fourth-order valence-corrected chi connectivity index (χ4v) is 2.85. The number of aromatic nitrogens is 1. The zero-order valence-electron chi connectivity index (χ0n) is 11.7. The van der Waals surface area contributed by atoms with Crippen molar-refractivity contribution in [3.63, 3.8) is 0 Å². The van der Waals surface area contributed by atoms with Crippen LogP contribution in [0, 0.1) is 0 Å². The summed E-state index contributed by atoms with van der Waals surface area (Å²) in [5.74, 6) is 0. The first kappa shape index (κ1) is 14.6. The lowest BCUT2D eigenvalue weighted by Crippen LogP contribution is -2.38. The summed E-state index contributed by atoms with van der Waals surface area (Å²) in [6.07, 6.45) is 8.34. The van der Waals surface area contributed by atoms with Crippen LogP contribution in [-0.4, -0.2) is 35.6 Å². The average Bonchev–Trinajstić information content (AvgIpc) is 2.40. The average molecular weight is 282 g/mol. The van der Waals surface area contributed by atoms with Crippen LogP contribution >= 0.6 is 11.6 Å². The second-order valence-corrected chi connectivity index (χ2v) is 5.77. The fourth-order valence-electron chi connectivity index (χ4n) is 2.67. The summed E-state index contributed by atoms with van der Waals surface area (Å²) in [5, 5.41) is 3.94. The number of nitrogens with one attached hydrogen (secondary N) is 1. The third-order valence-electron chi connectivity index (χ3n) is 3.87. The Morgan fingerprint density at radius 3 is 3.11 bits per heavy atom. The van der Waals surface area contributed by atoms with Crippen molar-refractivity contribution >= 4 is 17.3 Å². The van der Waals surface area contributed by atoms with E-state index in [0.29, 0.717) is 5.15 Å². The monoisotopic (exact) mass is 281 g/mol. The van der Waals surface area contributed by atoms with Crippen molar-refractivity contribution in [2.45, 2.75) is 45.1 Å². The van der Waals surface area contributed by atoms with Crippen LogP contribution in [0.1, 0.15) is 39.0 Å². The van der Waals surface area contributed by atoms with Crippen LogP contribution in [0.25, 0.3) is 0 Å². The Kier molecular flexibility index (Phi) is 5.93. The lowest BCUT2D eigenvalue weighted by Gasteiger charge is -2.33. The van der Waals surface area contributed by atoms with Gasteiger partial charge in [-0.05, 0) is 57.8 Å². The number of nitrogens with zero attached hydrogens (tertiary/aromatic N) is 2. The van der Waals surface area contributed by atoms with E-state index in [9.17, 15) is 0 Å². The van der Waals surface area contributed by atoms with Gasteiger partial charge < -0.3 is 10.2 Å². The maximum Gasteiger partial charge on any atom is 0.131 e. The van der Waals surface area contributed by atoms with Gasteiger partial charge in [0, 0.05) is 24.5 Å². The van der Waals surface area contributed by atoms with E-state index in [2.05, 4.69) is 22.1 Å². The zero-order valence-corrected chi connectivity index (χ0v) is 12.5. The Balaban J connectivity index is 1.59. The normalized spacial score (nSPS) is 20.4.